The summed E-state index contributed by atoms with van der Waals surface area (Å²) in [6.07, 6.45) is 0.588. The van der Waals surface area contributed by atoms with Crippen LogP contribution >= 0.6 is 31.9 Å². The standard InChI is InChI=1S/C17H12BrN3O2.C17H11BrN2O2/c1-21-13-8-9(18)6-7-11(13)14(17(21)22)16-15(20-23)10-4-2-3-5-12(10)19-16;18-13-7-3-6-11-14(17(21)19-16(11)13)12-8-9-4-1-2-5-10(9)15(12)20-22/h2-8,19,22H,1H3;1-7,19,21H,8H2. The van der Waals surface area contributed by atoms with Crippen molar-refractivity contribution in [3.8, 4) is 23.0 Å². The number of hydrogen-bond acceptors (Lipinski definition) is 6. The summed E-state index contributed by atoms with van der Waals surface area (Å²) in [5.41, 5.74) is 7.63. The maximum Gasteiger partial charge on any atom is 0.201 e. The number of hydrogen-bond donors (Lipinski definition) is 4. The number of halogens is 2. The maximum atomic E-state index is 11.4. The second kappa shape index (κ2) is 11.2. The number of para-hydroxylation sites is 2. The summed E-state index contributed by atoms with van der Waals surface area (Å²) in [5.74, 6) is 0.153. The lowest BCUT2D eigenvalue weighted by Crippen LogP contribution is -1.85. The fourth-order valence-corrected chi connectivity index (χ4v) is 6.99. The van der Waals surface area contributed by atoms with Gasteiger partial charge in [0.25, 0.3) is 0 Å². The van der Waals surface area contributed by atoms with E-state index in [1.807, 2.05) is 84.9 Å². The minimum absolute atomic E-state index is 0.0610. The predicted molar refractivity (Wildman–Crippen MR) is 185 cm³/mol. The molecule has 222 valence electrons. The molecule has 7 aromatic rings. The molecule has 8 rings (SSSR count). The number of aromatic hydroxyl groups is 2. The molecular weight excluding hydrogens is 702 g/mol. The molecule has 0 saturated carbocycles. The number of allylic oxidation sites excluding steroid dienone is 1. The van der Waals surface area contributed by atoms with Gasteiger partial charge in [-0.05, 0) is 61.7 Å². The molecule has 0 aliphatic heterocycles. The number of aromatic nitrogens is 3. The van der Waals surface area contributed by atoms with Crippen LogP contribution < -0.4 is 0 Å². The van der Waals surface area contributed by atoms with Gasteiger partial charge in [-0.1, -0.05) is 76.6 Å². The van der Waals surface area contributed by atoms with Gasteiger partial charge in [-0.3, -0.25) is 0 Å². The van der Waals surface area contributed by atoms with E-state index in [0.29, 0.717) is 34.6 Å². The number of nitrogens with zero attached hydrogens (tertiary/aromatic N) is 3. The molecule has 4 aromatic carbocycles. The van der Waals surface area contributed by atoms with E-state index in [0.717, 1.165) is 58.4 Å². The molecule has 0 spiro atoms. The van der Waals surface area contributed by atoms with E-state index in [1.54, 1.807) is 11.6 Å². The molecule has 0 fully saturated rings. The Kier molecular flexibility index (Phi) is 7.14. The number of nitroso groups, excluding NO2 is 2. The first-order valence-electron chi connectivity index (χ1n) is 13.9. The Morgan fingerprint density at radius 1 is 0.800 bits per heavy atom. The number of fused-ring (bicyclic) bond motifs is 4. The number of rotatable bonds is 4. The summed E-state index contributed by atoms with van der Waals surface area (Å²) in [6.45, 7) is 0. The summed E-state index contributed by atoms with van der Waals surface area (Å²) in [5, 5.41) is 29.8. The Bertz CT molecular complexity index is 2370. The second-order valence-corrected chi connectivity index (χ2v) is 12.4. The van der Waals surface area contributed by atoms with Crippen molar-refractivity contribution in [1.82, 2.24) is 14.5 Å². The Morgan fingerprint density at radius 3 is 2.36 bits per heavy atom. The molecule has 0 unspecified atom stereocenters. The zero-order valence-electron chi connectivity index (χ0n) is 23.6. The van der Waals surface area contributed by atoms with Gasteiger partial charge in [0.05, 0.1) is 22.3 Å². The van der Waals surface area contributed by atoms with Gasteiger partial charge in [-0.25, -0.2) is 0 Å². The van der Waals surface area contributed by atoms with Crippen LogP contribution in [0.15, 0.2) is 104 Å². The van der Waals surface area contributed by atoms with Crippen molar-refractivity contribution < 1.29 is 10.2 Å². The molecular formula is C34H23Br2N5O4. The summed E-state index contributed by atoms with van der Waals surface area (Å²) in [4.78, 5) is 29.0. The van der Waals surface area contributed by atoms with Crippen LogP contribution in [0.5, 0.6) is 11.8 Å². The van der Waals surface area contributed by atoms with E-state index in [9.17, 15) is 20.0 Å². The van der Waals surface area contributed by atoms with Crippen molar-refractivity contribution in [2.24, 2.45) is 17.4 Å². The van der Waals surface area contributed by atoms with Gasteiger partial charge in [0.1, 0.15) is 11.4 Å². The summed E-state index contributed by atoms with van der Waals surface area (Å²) in [7, 11) is 1.78. The Morgan fingerprint density at radius 2 is 1.56 bits per heavy atom. The van der Waals surface area contributed by atoms with Gasteiger partial charge in [-0.15, -0.1) is 9.81 Å². The van der Waals surface area contributed by atoms with E-state index in [4.69, 9.17) is 0 Å². The van der Waals surface area contributed by atoms with Crippen molar-refractivity contribution in [1.29, 1.82) is 0 Å². The number of H-pyrrole nitrogens is 2. The number of aromatic amines is 2. The molecule has 0 radical (unpaired) electrons. The summed E-state index contributed by atoms with van der Waals surface area (Å²) in [6, 6.07) is 26.6. The van der Waals surface area contributed by atoms with Crippen molar-refractivity contribution in [2.75, 3.05) is 0 Å². The number of benzene rings is 4. The van der Waals surface area contributed by atoms with Crippen LogP contribution in [-0.4, -0.2) is 24.7 Å². The first-order valence-corrected chi connectivity index (χ1v) is 15.5. The number of nitrogens with one attached hydrogen (secondary N) is 2. The Balaban J connectivity index is 0.000000145. The van der Waals surface area contributed by atoms with Crippen molar-refractivity contribution in [2.45, 2.75) is 6.42 Å². The molecule has 9 nitrogen and oxygen atoms in total. The van der Waals surface area contributed by atoms with Crippen molar-refractivity contribution in [3.63, 3.8) is 0 Å². The van der Waals surface area contributed by atoms with Gasteiger partial charge in [0.15, 0.2) is 5.88 Å². The molecule has 1 aliphatic rings. The van der Waals surface area contributed by atoms with Crippen LogP contribution in [0.4, 0.5) is 5.69 Å². The third-order valence-corrected chi connectivity index (χ3v) is 9.39. The monoisotopic (exact) mass is 723 g/mol. The molecule has 0 bridgehead atoms. The Hall–Kier alpha value is -5.00. The largest absolute Gasteiger partial charge is 0.494 e. The molecule has 45 heavy (non-hydrogen) atoms. The lowest BCUT2D eigenvalue weighted by Gasteiger charge is -2.02. The fourth-order valence-electron chi connectivity index (χ4n) is 6.17. The van der Waals surface area contributed by atoms with Gasteiger partial charge >= 0.3 is 0 Å². The number of aryl methyl sites for hydroxylation is 1. The van der Waals surface area contributed by atoms with E-state index in [2.05, 4.69) is 52.2 Å². The zero-order valence-corrected chi connectivity index (χ0v) is 26.8. The van der Waals surface area contributed by atoms with Crippen molar-refractivity contribution in [3.05, 3.63) is 120 Å². The second-order valence-electron chi connectivity index (χ2n) is 10.7. The maximum absolute atomic E-state index is 11.4. The SMILES string of the molecule is Cn1c(O)c(-c2[nH]c3ccccc3c2N=O)c2ccc(Br)cc21.O=NC1=C(c2c(O)[nH]c3c(Br)cccc23)Cc2ccccc21. The van der Waals surface area contributed by atoms with Crippen LogP contribution in [0.2, 0.25) is 0 Å². The quantitative estimate of drug-likeness (QED) is 0.134. The topological polar surface area (TPSA) is 136 Å². The first-order chi connectivity index (χ1) is 21.8. The van der Waals surface area contributed by atoms with E-state index in [-0.39, 0.29) is 11.8 Å². The molecule has 0 atom stereocenters. The lowest BCUT2D eigenvalue weighted by molar-refractivity contribution is 0.437. The highest BCUT2D eigenvalue weighted by Gasteiger charge is 2.28. The molecule has 0 amide bonds. The van der Waals surface area contributed by atoms with E-state index >= 15 is 0 Å². The predicted octanol–water partition coefficient (Wildman–Crippen LogP) is 10.0. The summed E-state index contributed by atoms with van der Waals surface area (Å²) < 4.78 is 3.47. The van der Waals surface area contributed by atoms with E-state index in [1.165, 1.54) is 0 Å². The van der Waals surface area contributed by atoms with E-state index < -0.39 is 0 Å². The normalized spacial score (nSPS) is 12.5. The fraction of sp³-hybridized carbons (Fsp3) is 0.0588. The first kappa shape index (κ1) is 28.8. The van der Waals surface area contributed by atoms with Crippen LogP contribution in [-0.2, 0) is 13.5 Å². The lowest BCUT2D eigenvalue weighted by atomic mass is 10.0. The molecule has 3 aromatic heterocycles. The average molecular weight is 725 g/mol. The minimum Gasteiger partial charge on any atom is -0.494 e. The van der Waals surface area contributed by atoms with Crippen molar-refractivity contribution >= 4 is 81.5 Å². The van der Waals surface area contributed by atoms with Crippen LogP contribution in [0.1, 0.15) is 16.7 Å². The van der Waals surface area contributed by atoms with Gasteiger partial charge in [0, 0.05) is 55.2 Å². The van der Waals surface area contributed by atoms with Crippen LogP contribution in [0.25, 0.3) is 55.2 Å². The highest BCUT2D eigenvalue weighted by atomic mass is 79.9. The molecule has 4 N–H and O–H groups in total. The zero-order chi connectivity index (χ0) is 31.4. The average Bonchev–Trinajstić information content (AvgIpc) is 3.76. The highest BCUT2D eigenvalue weighted by molar-refractivity contribution is 9.11. The van der Waals surface area contributed by atoms with Gasteiger partial charge < -0.3 is 24.7 Å². The van der Waals surface area contributed by atoms with Crippen LogP contribution in [0.3, 0.4) is 0 Å². The highest BCUT2D eigenvalue weighted by Crippen LogP contribution is 2.47. The third kappa shape index (κ3) is 4.58. The van der Waals surface area contributed by atoms with Gasteiger partial charge in [0.2, 0.25) is 5.88 Å². The molecule has 11 heteroatoms. The van der Waals surface area contributed by atoms with Crippen LogP contribution in [0, 0.1) is 9.81 Å². The van der Waals surface area contributed by atoms with Gasteiger partial charge in [-0.2, -0.15) is 0 Å². The molecule has 0 saturated heterocycles. The smallest absolute Gasteiger partial charge is 0.201 e. The third-order valence-electron chi connectivity index (χ3n) is 8.23. The Labute approximate surface area is 272 Å². The molecule has 1 aliphatic carbocycles. The minimum atomic E-state index is 0.0610. The summed E-state index contributed by atoms with van der Waals surface area (Å²) >= 11 is 6.91. The molecule has 3 heterocycles.